The predicted molar refractivity (Wildman–Crippen MR) is 97.9 cm³/mol. The maximum Gasteiger partial charge on any atom is 0.274 e. The predicted octanol–water partition coefficient (Wildman–Crippen LogP) is 2.71. The molecule has 0 spiro atoms. The number of amides is 1. The van der Waals surface area contributed by atoms with Crippen LogP contribution in [0, 0.1) is 6.92 Å². The van der Waals surface area contributed by atoms with Crippen molar-refractivity contribution in [3.63, 3.8) is 0 Å². The molecule has 0 aromatic carbocycles. The van der Waals surface area contributed by atoms with E-state index >= 15 is 0 Å². The minimum absolute atomic E-state index is 0.00877. The van der Waals surface area contributed by atoms with Crippen LogP contribution in [-0.2, 0) is 0 Å². The van der Waals surface area contributed by atoms with Gasteiger partial charge in [0, 0.05) is 25.9 Å². The smallest absolute Gasteiger partial charge is 0.274 e. The van der Waals surface area contributed by atoms with E-state index in [-0.39, 0.29) is 31.6 Å². The zero-order valence-corrected chi connectivity index (χ0v) is 15.1. The molecule has 0 saturated carbocycles. The minimum atomic E-state index is -2.72. The first-order valence-electron chi connectivity index (χ1n) is 8.75. The highest BCUT2D eigenvalue weighted by atomic mass is 19.3. The first-order valence-corrected chi connectivity index (χ1v) is 8.75. The van der Waals surface area contributed by atoms with Crippen LogP contribution in [0.15, 0.2) is 40.9 Å². The molecular weight excluding hydrogens is 366 g/mol. The van der Waals surface area contributed by atoms with Crippen LogP contribution in [0.3, 0.4) is 0 Å². The number of hydrogen-bond acceptors (Lipinski definition) is 5. The van der Waals surface area contributed by atoms with Crippen molar-refractivity contribution < 1.29 is 13.6 Å². The van der Waals surface area contributed by atoms with E-state index in [4.69, 9.17) is 0 Å². The monoisotopic (exact) mass is 382 g/mol. The molecule has 9 heteroatoms. The van der Waals surface area contributed by atoms with Crippen molar-refractivity contribution in [2.45, 2.75) is 25.7 Å². The van der Waals surface area contributed by atoms with Gasteiger partial charge in [-0.1, -0.05) is 0 Å². The molecule has 2 aromatic rings. The average Bonchev–Trinajstić information content (AvgIpc) is 3.14. The van der Waals surface area contributed by atoms with Gasteiger partial charge in [0.05, 0.1) is 23.8 Å². The molecular formula is C19H16F2N6O. The summed E-state index contributed by atoms with van der Waals surface area (Å²) in [6.45, 7) is 1.80. The lowest BCUT2D eigenvalue weighted by atomic mass is 10.1. The van der Waals surface area contributed by atoms with Crippen molar-refractivity contribution in [1.82, 2.24) is 24.9 Å². The normalized spacial score (nSPS) is 17.7. The fraction of sp³-hybridized carbons (Fsp3) is 0.316. The van der Waals surface area contributed by atoms with E-state index in [1.54, 1.807) is 18.2 Å². The first-order chi connectivity index (χ1) is 13.4. The lowest BCUT2D eigenvalue weighted by Gasteiger charge is -2.31. The number of aryl methyl sites for hydroxylation is 1. The lowest BCUT2D eigenvalue weighted by molar-refractivity contribution is -0.0495. The molecule has 0 atom stereocenters. The number of alkyl halides is 2. The number of nitrogens with zero attached hydrogens (tertiary/aromatic N) is 6. The van der Waals surface area contributed by atoms with Gasteiger partial charge in [0.1, 0.15) is 11.4 Å². The van der Waals surface area contributed by atoms with Crippen LogP contribution in [-0.4, -0.2) is 56.0 Å². The summed E-state index contributed by atoms with van der Waals surface area (Å²) in [7, 11) is 0. The lowest BCUT2D eigenvalue weighted by Crippen LogP contribution is -2.42. The Kier molecular flexibility index (Phi) is 4.47. The highest BCUT2D eigenvalue weighted by Crippen LogP contribution is 2.29. The van der Waals surface area contributed by atoms with E-state index in [2.05, 4.69) is 31.8 Å². The molecule has 2 aliphatic rings. The van der Waals surface area contributed by atoms with Crippen molar-refractivity contribution in [2.75, 3.05) is 13.1 Å². The van der Waals surface area contributed by atoms with Gasteiger partial charge < -0.3 is 4.90 Å². The zero-order valence-electron chi connectivity index (χ0n) is 15.1. The van der Waals surface area contributed by atoms with E-state index in [0.29, 0.717) is 17.1 Å². The fourth-order valence-corrected chi connectivity index (χ4v) is 2.98. The largest absolute Gasteiger partial charge is 0.337 e. The molecule has 4 rings (SSSR count). The zero-order chi connectivity index (χ0) is 19.7. The van der Waals surface area contributed by atoms with Gasteiger partial charge in [-0.2, -0.15) is 10.2 Å². The summed E-state index contributed by atoms with van der Waals surface area (Å²) in [6.07, 6.45) is 2.30. The number of carbonyl (C=O) groups excluding carboxylic acids is 1. The van der Waals surface area contributed by atoms with Crippen molar-refractivity contribution >= 4 is 17.8 Å². The number of aromatic nitrogens is 4. The standard InChI is InChI=1S/C19H16F2N6O/c1-13-4-5-15(24-23-13)17-11-16(25-27(17)14-3-2-8-22-12-14)18(28)26-9-6-19(20,21)7-10-26/h4-5,8,11-12H,6-7,9-10H2,1H3. The molecule has 0 unspecified atom stereocenters. The second-order valence-corrected chi connectivity index (χ2v) is 6.60. The van der Waals surface area contributed by atoms with Gasteiger partial charge in [0.15, 0.2) is 5.69 Å². The van der Waals surface area contributed by atoms with Crippen LogP contribution in [0.25, 0.3) is 17.1 Å². The number of halogens is 2. The third kappa shape index (κ3) is 3.53. The average molecular weight is 382 g/mol. The van der Waals surface area contributed by atoms with E-state index < -0.39 is 11.8 Å². The summed E-state index contributed by atoms with van der Waals surface area (Å²) in [5.41, 5.74) is 8.04. The summed E-state index contributed by atoms with van der Waals surface area (Å²) in [4.78, 5) is 18.2. The molecule has 0 N–H and O–H groups in total. The maximum atomic E-state index is 13.4. The molecule has 142 valence electrons. The van der Waals surface area contributed by atoms with Gasteiger partial charge in [-0.15, -0.1) is 5.10 Å². The Bertz CT molecular complexity index is 1050. The number of rotatable bonds is 3. The quantitative estimate of drug-likeness (QED) is 0.765. The van der Waals surface area contributed by atoms with E-state index in [0.717, 1.165) is 5.69 Å². The van der Waals surface area contributed by atoms with Crippen LogP contribution in [0.4, 0.5) is 8.78 Å². The molecule has 2 aromatic heterocycles. The molecule has 1 fully saturated rings. The summed E-state index contributed by atoms with van der Waals surface area (Å²) in [5.74, 6) is -3.12. The second-order valence-electron chi connectivity index (χ2n) is 6.60. The highest BCUT2D eigenvalue weighted by molar-refractivity contribution is 6.04. The van der Waals surface area contributed by atoms with E-state index in [9.17, 15) is 13.6 Å². The molecule has 2 aliphatic heterocycles. The Hall–Kier alpha value is -3.41. The summed E-state index contributed by atoms with van der Waals surface area (Å²) >= 11 is 0. The SMILES string of the molecule is Cc1ccc(-c2cc(C(=O)N3CCC(F)(F)CC3)nn2C2=C=C=CN=C2)nn1. The van der Waals surface area contributed by atoms with Gasteiger partial charge in [-0.3, -0.25) is 9.79 Å². The van der Waals surface area contributed by atoms with Crippen molar-refractivity contribution in [2.24, 2.45) is 4.99 Å². The topological polar surface area (TPSA) is 76.3 Å². The van der Waals surface area contributed by atoms with Crippen LogP contribution >= 0.6 is 0 Å². The first kappa shape index (κ1) is 18.0. The van der Waals surface area contributed by atoms with Crippen LogP contribution in [0.5, 0.6) is 0 Å². The van der Waals surface area contributed by atoms with E-state index in [1.165, 1.54) is 22.0 Å². The van der Waals surface area contributed by atoms with Crippen molar-refractivity contribution in [3.05, 3.63) is 47.2 Å². The summed E-state index contributed by atoms with van der Waals surface area (Å²) < 4.78 is 28.3. The van der Waals surface area contributed by atoms with Crippen molar-refractivity contribution in [3.8, 4) is 11.4 Å². The molecule has 4 heterocycles. The van der Waals surface area contributed by atoms with Crippen molar-refractivity contribution in [1.29, 1.82) is 0 Å². The minimum Gasteiger partial charge on any atom is -0.337 e. The molecule has 7 nitrogen and oxygen atoms in total. The maximum absolute atomic E-state index is 13.4. The van der Waals surface area contributed by atoms with Gasteiger partial charge in [0.2, 0.25) is 0 Å². The number of hydrogen-bond donors (Lipinski definition) is 0. The number of aliphatic imine (C=N–C) groups is 1. The Balaban J connectivity index is 1.72. The Morgan fingerprint density at radius 3 is 2.64 bits per heavy atom. The molecule has 0 radical (unpaired) electrons. The molecule has 1 amide bonds. The Labute approximate surface area is 159 Å². The Morgan fingerprint density at radius 2 is 2.00 bits per heavy atom. The summed E-state index contributed by atoms with van der Waals surface area (Å²) in [5, 5.41) is 12.6. The number of carbonyl (C=O) groups is 1. The molecule has 0 bridgehead atoms. The van der Waals surface area contributed by atoms with Gasteiger partial charge >= 0.3 is 0 Å². The second kappa shape index (κ2) is 6.96. The van der Waals surface area contributed by atoms with Crippen LogP contribution in [0.1, 0.15) is 29.0 Å². The third-order valence-corrected chi connectivity index (χ3v) is 4.54. The highest BCUT2D eigenvalue weighted by Gasteiger charge is 2.36. The summed E-state index contributed by atoms with van der Waals surface area (Å²) in [6, 6.07) is 5.15. The Morgan fingerprint density at radius 1 is 1.21 bits per heavy atom. The van der Waals surface area contributed by atoms with Gasteiger partial charge in [-0.05, 0) is 36.6 Å². The third-order valence-electron chi connectivity index (χ3n) is 4.54. The van der Waals surface area contributed by atoms with Crippen LogP contribution in [0.2, 0.25) is 0 Å². The van der Waals surface area contributed by atoms with Gasteiger partial charge in [-0.25, -0.2) is 13.5 Å². The van der Waals surface area contributed by atoms with E-state index in [1.807, 2.05) is 6.92 Å². The van der Waals surface area contributed by atoms with Crippen LogP contribution < -0.4 is 0 Å². The molecule has 1 saturated heterocycles. The molecule has 28 heavy (non-hydrogen) atoms. The number of likely N-dealkylation sites (tertiary alicyclic amines) is 1. The van der Waals surface area contributed by atoms with Gasteiger partial charge in [0.25, 0.3) is 11.8 Å². The fourth-order valence-electron chi connectivity index (χ4n) is 2.98. The molecule has 0 aliphatic carbocycles. The number of allylic oxidation sites excluding steroid dienone is 1. The number of piperidine rings is 1.